The molecule has 0 radical (unpaired) electrons. The number of nitrogens with zero attached hydrogens (tertiary/aromatic N) is 1. The third kappa shape index (κ3) is 2.88. The molecule has 0 atom stereocenters. The van der Waals surface area contributed by atoms with Crippen molar-refractivity contribution in [2.75, 3.05) is 18.9 Å². The maximum absolute atomic E-state index is 12.5. The Labute approximate surface area is 129 Å². The van der Waals surface area contributed by atoms with Crippen molar-refractivity contribution in [1.29, 1.82) is 0 Å². The van der Waals surface area contributed by atoms with Crippen LogP contribution >= 0.6 is 11.6 Å². The molecule has 2 aromatic rings. The van der Waals surface area contributed by atoms with Gasteiger partial charge < -0.3 is 10.2 Å². The standard InChI is InChI=1S/C17H17ClN2O/c1-20(11-14-4-2-3-5-15(14)18)17(21)13-7-6-12-8-9-19-16(12)10-13/h2-7,10,19H,8-9,11H2,1H3. The number of halogens is 1. The number of fused-ring (bicyclic) bond motifs is 1. The van der Waals surface area contributed by atoms with Gasteiger partial charge in [-0.3, -0.25) is 4.79 Å². The highest BCUT2D eigenvalue weighted by atomic mass is 35.5. The van der Waals surface area contributed by atoms with Crippen LogP contribution in [0, 0.1) is 0 Å². The van der Waals surface area contributed by atoms with E-state index in [9.17, 15) is 4.79 Å². The quantitative estimate of drug-likeness (QED) is 0.939. The normalized spacial score (nSPS) is 12.7. The Morgan fingerprint density at radius 3 is 2.90 bits per heavy atom. The Morgan fingerprint density at radius 2 is 2.10 bits per heavy atom. The summed E-state index contributed by atoms with van der Waals surface area (Å²) in [4.78, 5) is 14.2. The minimum absolute atomic E-state index is 0.00594. The highest BCUT2D eigenvalue weighted by Gasteiger charge is 2.16. The fraction of sp³-hybridized carbons (Fsp3) is 0.235. The van der Waals surface area contributed by atoms with Gasteiger partial charge in [-0.2, -0.15) is 0 Å². The molecule has 0 unspecified atom stereocenters. The van der Waals surface area contributed by atoms with E-state index in [-0.39, 0.29) is 5.91 Å². The maximum atomic E-state index is 12.5. The van der Waals surface area contributed by atoms with E-state index in [1.54, 1.807) is 11.9 Å². The number of carbonyl (C=O) groups excluding carboxylic acids is 1. The maximum Gasteiger partial charge on any atom is 0.253 e. The van der Waals surface area contributed by atoms with Crippen molar-refractivity contribution >= 4 is 23.2 Å². The summed E-state index contributed by atoms with van der Waals surface area (Å²) in [6.07, 6.45) is 1.03. The Balaban J connectivity index is 1.77. The Morgan fingerprint density at radius 1 is 1.29 bits per heavy atom. The average molecular weight is 301 g/mol. The number of hydrogen-bond donors (Lipinski definition) is 1. The second-order valence-corrected chi connectivity index (χ2v) is 5.71. The molecule has 0 bridgehead atoms. The zero-order chi connectivity index (χ0) is 14.8. The molecule has 1 aliphatic heterocycles. The molecule has 3 nitrogen and oxygen atoms in total. The molecule has 1 N–H and O–H groups in total. The number of nitrogens with one attached hydrogen (secondary N) is 1. The Hall–Kier alpha value is -2.00. The fourth-order valence-corrected chi connectivity index (χ4v) is 2.79. The van der Waals surface area contributed by atoms with Gasteiger partial charge in [0, 0.05) is 36.4 Å². The number of hydrogen-bond acceptors (Lipinski definition) is 2. The summed E-state index contributed by atoms with van der Waals surface area (Å²) in [6.45, 7) is 1.45. The van der Waals surface area contributed by atoms with E-state index >= 15 is 0 Å². The van der Waals surface area contributed by atoms with Gasteiger partial charge in [0.25, 0.3) is 5.91 Å². The minimum Gasteiger partial charge on any atom is -0.384 e. The third-order valence-corrected chi connectivity index (χ3v) is 4.15. The largest absolute Gasteiger partial charge is 0.384 e. The van der Waals surface area contributed by atoms with E-state index in [1.165, 1.54) is 5.56 Å². The van der Waals surface area contributed by atoms with E-state index in [1.807, 2.05) is 42.5 Å². The molecule has 108 valence electrons. The zero-order valence-corrected chi connectivity index (χ0v) is 12.7. The van der Waals surface area contributed by atoms with Gasteiger partial charge in [-0.1, -0.05) is 35.9 Å². The molecule has 1 amide bonds. The SMILES string of the molecule is CN(Cc1ccccc1Cl)C(=O)c1ccc2c(c1)NCC2. The average Bonchev–Trinajstić information content (AvgIpc) is 2.96. The molecular weight excluding hydrogens is 284 g/mol. The van der Waals surface area contributed by atoms with Crippen LogP contribution in [0.1, 0.15) is 21.5 Å². The summed E-state index contributed by atoms with van der Waals surface area (Å²) in [6, 6.07) is 13.5. The molecule has 0 saturated heterocycles. The second kappa shape index (κ2) is 5.78. The molecule has 0 fully saturated rings. The molecule has 0 aromatic heterocycles. The van der Waals surface area contributed by atoms with Crippen LogP contribution in [0.25, 0.3) is 0 Å². The number of carbonyl (C=O) groups is 1. The van der Waals surface area contributed by atoms with Crippen LogP contribution in [0.3, 0.4) is 0 Å². The van der Waals surface area contributed by atoms with Crippen LogP contribution in [0.15, 0.2) is 42.5 Å². The van der Waals surface area contributed by atoms with Crippen molar-refractivity contribution in [3.63, 3.8) is 0 Å². The van der Waals surface area contributed by atoms with Crippen molar-refractivity contribution in [3.05, 3.63) is 64.2 Å². The molecule has 4 heteroatoms. The first-order valence-corrected chi connectivity index (χ1v) is 7.38. The number of anilines is 1. The predicted octanol–water partition coefficient (Wildman–Crippen LogP) is 3.58. The lowest BCUT2D eigenvalue weighted by molar-refractivity contribution is 0.0785. The Kier molecular flexibility index (Phi) is 3.84. The highest BCUT2D eigenvalue weighted by molar-refractivity contribution is 6.31. The minimum atomic E-state index is 0.00594. The van der Waals surface area contributed by atoms with Crippen molar-refractivity contribution in [2.24, 2.45) is 0 Å². The lowest BCUT2D eigenvalue weighted by Crippen LogP contribution is -2.26. The van der Waals surface area contributed by atoms with E-state index in [2.05, 4.69) is 5.32 Å². The third-order valence-electron chi connectivity index (χ3n) is 3.78. The fourth-order valence-electron chi connectivity index (χ4n) is 2.60. The summed E-state index contributed by atoms with van der Waals surface area (Å²) >= 11 is 6.15. The van der Waals surface area contributed by atoms with Crippen LogP contribution in [-0.2, 0) is 13.0 Å². The molecule has 3 rings (SSSR count). The first-order chi connectivity index (χ1) is 10.1. The summed E-state index contributed by atoms with van der Waals surface area (Å²) in [5, 5.41) is 3.99. The van der Waals surface area contributed by atoms with Gasteiger partial charge >= 0.3 is 0 Å². The summed E-state index contributed by atoms with van der Waals surface area (Å²) in [5.41, 5.74) is 4.01. The van der Waals surface area contributed by atoms with Crippen LogP contribution in [0.4, 0.5) is 5.69 Å². The monoisotopic (exact) mass is 300 g/mol. The molecular formula is C17H17ClN2O. The Bertz CT molecular complexity index is 684. The molecule has 2 aromatic carbocycles. The van der Waals surface area contributed by atoms with Gasteiger partial charge in [-0.05, 0) is 35.7 Å². The first kappa shape index (κ1) is 14.0. The zero-order valence-electron chi connectivity index (χ0n) is 11.9. The van der Waals surface area contributed by atoms with Gasteiger partial charge in [0.1, 0.15) is 0 Å². The van der Waals surface area contributed by atoms with Gasteiger partial charge in [0.15, 0.2) is 0 Å². The van der Waals surface area contributed by atoms with Crippen LogP contribution in [0.5, 0.6) is 0 Å². The van der Waals surface area contributed by atoms with Gasteiger partial charge in [0.05, 0.1) is 0 Å². The second-order valence-electron chi connectivity index (χ2n) is 5.30. The molecule has 0 aliphatic carbocycles. The van der Waals surface area contributed by atoms with Gasteiger partial charge in [-0.15, -0.1) is 0 Å². The topological polar surface area (TPSA) is 32.3 Å². The number of benzene rings is 2. The molecule has 21 heavy (non-hydrogen) atoms. The first-order valence-electron chi connectivity index (χ1n) is 7.01. The van der Waals surface area contributed by atoms with Crippen molar-refractivity contribution in [1.82, 2.24) is 4.90 Å². The summed E-state index contributed by atoms with van der Waals surface area (Å²) < 4.78 is 0. The van der Waals surface area contributed by atoms with E-state index < -0.39 is 0 Å². The predicted molar refractivity (Wildman–Crippen MR) is 85.9 cm³/mol. The molecule has 0 spiro atoms. The van der Waals surface area contributed by atoms with Gasteiger partial charge in [-0.25, -0.2) is 0 Å². The van der Waals surface area contributed by atoms with Crippen LogP contribution in [0.2, 0.25) is 5.02 Å². The van der Waals surface area contributed by atoms with E-state index in [0.29, 0.717) is 17.1 Å². The van der Waals surface area contributed by atoms with Crippen LogP contribution in [-0.4, -0.2) is 24.4 Å². The van der Waals surface area contributed by atoms with E-state index in [4.69, 9.17) is 11.6 Å². The smallest absolute Gasteiger partial charge is 0.253 e. The van der Waals surface area contributed by atoms with Crippen molar-refractivity contribution in [3.8, 4) is 0 Å². The number of amides is 1. The molecule has 1 heterocycles. The molecule has 0 saturated carbocycles. The molecule has 1 aliphatic rings. The van der Waals surface area contributed by atoms with Crippen LogP contribution < -0.4 is 5.32 Å². The van der Waals surface area contributed by atoms with Crippen molar-refractivity contribution < 1.29 is 4.79 Å². The van der Waals surface area contributed by atoms with E-state index in [0.717, 1.165) is 24.2 Å². The lowest BCUT2D eigenvalue weighted by atomic mass is 10.1. The van der Waals surface area contributed by atoms with Gasteiger partial charge in [0.2, 0.25) is 0 Å². The van der Waals surface area contributed by atoms with Crippen molar-refractivity contribution in [2.45, 2.75) is 13.0 Å². The summed E-state index contributed by atoms with van der Waals surface area (Å²) in [7, 11) is 1.80. The lowest BCUT2D eigenvalue weighted by Gasteiger charge is -2.18. The highest BCUT2D eigenvalue weighted by Crippen LogP contribution is 2.24. The summed E-state index contributed by atoms with van der Waals surface area (Å²) in [5.74, 6) is 0.00594. The number of rotatable bonds is 3.